The van der Waals surface area contributed by atoms with E-state index in [1.807, 2.05) is 0 Å². The van der Waals surface area contributed by atoms with E-state index in [0.717, 1.165) is 24.3 Å². The highest BCUT2D eigenvalue weighted by Crippen LogP contribution is 2.61. The highest BCUT2D eigenvalue weighted by atomic mass is 32.2. The zero-order chi connectivity index (χ0) is 31.0. The smallest absolute Gasteiger partial charge is 0.435 e. The highest BCUT2D eigenvalue weighted by molar-refractivity contribution is 7.92. The van der Waals surface area contributed by atoms with Gasteiger partial charge in [0.15, 0.2) is 9.84 Å². The molecule has 2 aromatic carbocycles. The predicted molar refractivity (Wildman–Crippen MR) is 129 cm³/mol. The van der Waals surface area contributed by atoms with Crippen molar-refractivity contribution < 1.29 is 58.2 Å². The van der Waals surface area contributed by atoms with Crippen molar-refractivity contribution in [2.75, 3.05) is 13.1 Å². The minimum absolute atomic E-state index is 0.141. The third-order valence-electron chi connectivity index (χ3n) is 8.85. The Bertz CT molecular complexity index is 1480. The van der Waals surface area contributed by atoms with Crippen LogP contribution in [0, 0.1) is 29.5 Å². The average molecular weight is 626 g/mol. The molecule has 2 unspecified atom stereocenters. The number of halogens is 8. The number of alkyl halides is 7. The van der Waals surface area contributed by atoms with Crippen molar-refractivity contribution in [3.63, 3.8) is 0 Å². The molecule has 2 saturated carbocycles. The molecule has 0 bridgehead atoms. The molecular formula is C27H23F8NO5S. The van der Waals surface area contributed by atoms with E-state index in [4.69, 9.17) is 0 Å². The Balaban J connectivity index is 1.52. The van der Waals surface area contributed by atoms with Crippen LogP contribution in [0.3, 0.4) is 0 Å². The number of carboxylic acid groups (broad SMARTS) is 1. The first-order chi connectivity index (χ1) is 19.3. The van der Waals surface area contributed by atoms with E-state index in [0.29, 0.717) is 12.1 Å². The SMILES string of the molecule is O=C(O)C1C[C@@H]2C(C(=O)N3CC[C@](c4ccc(C(F)(C(F)(F)F)C(F)(F)F)cc4)(S(=O)(=O)c4ccc(F)cc4)C3)[C@@H]2C1. The number of hydrogen-bond donors (Lipinski definition) is 1. The van der Waals surface area contributed by atoms with Crippen LogP contribution < -0.4 is 0 Å². The first kappa shape index (κ1) is 30.2. The predicted octanol–water partition coefficient (Wildman–Crippen LogP) is 5.37. The van der Waals surface area contributed by atoms with Crippen molar-refractivity contribution in [3.8, 4) is 0 Å². The summed E-state index contributed by atoms with van der Waals surface area (Å²) >= 11 is 0. The van der Waals surface area contributed by atoms with Crippen LogP contribution >= 0.6 is 0 Å². The van der Waals surface area contributed by atoms with E-state index in [9.17, 15) is 58.2 Å². The Morgan fingerprint density at radius 2 is 1.38 bits per heavy atom. The lowest BCUT2D eigenvalue weighted by Crippen LogP contribution is -2.50. The summed E-state index contributed by atoms with van der Waals surface area (Å²) in [6.07, 6.45) is -12.5. The number of rotatable bonds is 6. The largest absolute Gasteiger partial charge is 0.481 e. The molecule has 1 amide bonds. The zero-order valence-electron chi connectivity index (χ0n) is 21.4. The molecule has 0 aromatic heterocycles. The molecule has 0 radical (unpaired) electrons. The van der Waals surface area contributed by atoms with Gasteiger partial charge in [0.05, 0.1) is 10.8 Å². The van der Waals surface area contributed by atoms with Gasteiger partial charge in [0.25, 0.3) is 0 Å². The summed E-state index contributed by atoms with van der Waals surface area (Å²) < 4.78 is 134. The number of benzene rings is 2. The summed E-state index contributed by atoms with van der Waals surface area (Å²) in [6, 6.07) is 5.38. The van der Waals surface area contributed by atoms with Gasteiger partial charge < -0.3 is 10.0 Å². The van der Waals surface area contributed by atoms with Gasteiger partial charge in [0.1, 0.15) is 10.6 Å². The Morgan fingerprint density at radius 3 is 1.86 bits per heavy atom. The molecule has 3 aliphatic rings. The quantitative estimate of drug-likeness (QED) is 0.344. The van der Waals surface area contributed by atoms with Crippen LogP contribution in [-0.2, 0) is 29.8 Å². The molecule has 228 valence electrons. The molecule has 5 atom stereocenters. The van der Waals surface area contributed by atoms with E-state index in [2.05, 4.69) is 0 Å². The lowest BCUT2D eigenvalue weighted by atomic mass is 9.90. The van der Waals surface area contributed by atoms with Gasteiger partial charge in [-0.3, -0.25) is 9.59 Å². The number of fused-ring (bicyclic) bond motifs is 1. The zero-order valence-corrected chi connectivity index (χ0v) is 22.2. The standard InChI is InChI=1S/C27H23F8NO5S/c28-17-5-7-18(8-6-17)42(40,41)24(15-1-3-16(4-2-15)25(29,26(30,31)32)27(33,34)35)9-10-36(13-24)22(37)21-19-11-14(23(38)39)12-20(19)21/h1-8,14,19-21H,9-13H2,(H,38,39)/t14?,19-,20+,21?,24-/m0/s1. The number of carbonyl (C=O) groups excluding carboxylic acids is 1. The number of aliphatic carboxylic acids is 1. The molecule has 3 fully saturated rings. The summed E-state index contributed by atoms with van der Waals surface area (Å²) in [5.41, 5.74) is -7.80. The van der Waals surface area contributed by atoms with Crippen LogP contribution in [0.4, 0.5) is 35.1 Å². The second-order valence-corrected chi connectivity index (χ2v) is 13.3. The van der Waals surface area contributed by atoms with Gasteiger partial charge in [-0.15, -0.1) is 0 Å². The molecule has 42 heavy (non-hydrogen) atoms. The first-order valence-electron chi connectivity index (χ1n) is 12.8. The van der Waals surface area contributed by atoms with Crippen LogP contribution in [0.5, 0.6) is 0 Å². The summed E-state index contributed by atoms with van der Waals surface area (Å²) in [7, 11) is -4.56. The van der Waals surface area contributed by atoms with E-state index in [-0.39, 0.29) is 55.3 Å². The summed E-state index contributed by atoms with van der Waals surface area (Å²) in [5, 5.41) is 9.22. The fraction of sp³-hybridized carbons (Fsp3) is 0.481. The molecule has 1 N–H and O–H groups in total. The number of sulfone groups is 1. The topological polar surface area (TPSA) is 91.8 Å². The maximum absolute atomic E-state index is 14.6. The number of hydrogen-bond acceptors (Lipinski definition) is 4. The Hall–Kier alpha value is -3.23. The van der Waals surface area contributed by atoms with Crippen molar-refractivity contribution >= 4 is 21.7 Å². The van der Waals surface area contributed by atoms with Crippen LogP contribution in [-0.4, -0.2) is 55.7 Å². The van der Waals surface area contributed by atoms with E-state index < -0.39 is 79.1 Å². The number of carboxylic acids is 1. The van der Waals surface area contributed by atoms with Crippen molar-refractivity contribution in [2.45, 2.75) is 46.9 Å². The number of nitrogens with zero attached hydrogens (tertiary/aromatic N) is 1. The van der Waals surface area contributed by atoms with Gasteiger partial charge in [-0.1, -0.05) is 24.3 Å². The molecule has 2 aliphatic carbocycles. The molecule has 2 aromatic rings. The minimum Gasteiger partial charge on any atom is -0.481 e. The second kappa shape index (κ2) is 9.64. The fourth-order valence-corrected chi connectivity index (χ4v) is 8.61. The minimum atomic E-state index is -6.37. The maximum atomic E-state index is 14.6. The third-order valence-corrected chi connectivity index (χ3v) is 11.3. The van der Waals surface area contributed by atoms with E-state index in [1.54, 1.807) is 0 Å². The van der Waals surface area contributed by atoms with Gasteiger partial charge in [0.2, 0.25) is 5.91 Å². The molecule has 0 spiro atoms. The third kappa shape index (κ3) is 4.45. The Labute approximate surface area is 234 Å². The van der Waals surface area contributed by atoms with Crippen LogP contribution in [0.2, 0.25) is 0 Å². The van der Waals surface area contributed by atoms with Gasteiger partial charge in [-0.25, -0.2) is 17.2 Å². The molecular weight excluding hydrogens is 602 g/mol. The Morgan fingerprint density at radius 1 is 0.857 bits per heavy atom. The van der Waals surface area contributed by atoms with Gasteiger partial charge in [-0.2, -0.15) is 26.3 Å². The normalized spacial score (nSPS) is 28.0. The van der Waals surface area contributed by atoms with Crippen molar-refractivity contribution in [1.29, 1.82) is 0 Å². The fourth-order valence-electron chi connectivity index (χ4n) is 6.53. The van der Waals surface area contributed by atoms with Crippen molar-refractivity contribution in [2.24, 2.45) is 23.7 Å². The number of likely N-dealkylation sites (tertiary alicyclic amines) is 1. The summed E-state index contributed by atoms with van der Waals surface area (Å²) in [4.78, 5) is 25.5. The number of carbonyl (C=O) groups is 2. The van der Waals surface area contributed by atoms with Crippen molar-refractivity contribution in [1.82, 2.24) is 4.90 Å². The number of amides is 1. The highest BCUT2D eigenvalue weighted by Gasteiger charge is 2.73. The average Bonchev–Trinajstić information content (AvgIpc) is 3.22. The first-order valence-corrected chi connectivity index (χ1v) is 14.3. The van der Waals surface area contributed by atoms with E-state index in [1.165, 1.54) is 4.90 Å². The summed E-state index contributed by atoms with van der Waals surface area (Å²) in [5.74, 6) is -3.68. The van der Waals surface area contributed by atoms with Crippen LogP contribution in [0.1, 0.15) is 30.4 Å². The molecule has 1 saturated heterocycles. The summed E-state index contributed by atoms with van der Waals surface area (Å²) in [6.45, 7) is -0.667. The second-order valence-electron chi connectivity index (χ2n) is 11.1. The molecule has 1 aliphatic heterocycles. The molecule has 5 rings (SSSR count). The molecule has 6 nitrogen and oxygen atoms in total. The Kier molecular flexibility index (Phi) is 6.94. The lowest BCUT2D eigenvalue weighted by Gasteiger charge is -2.32. The van der Waals surface area contributed by atoms with Crippen molar-refractivity contribution in [3.05, 3.63) is 65.5 Å². The van der Waals surface area contributed by atoms with Gasteiger partial charge >= 0.3 is 24.0 Å². The van der Waals surface area contributed by atoms with Crippen LogP contribution in [0.25, 0.3) is 0 Å². The monoisotopic (exact) mass is 625 g/mol. The lowest BCUT2D eigenvalue weighted by molar-refractivity contribution is -0.348. The van der Waals surface area contributed by atoms with Gasteiger partial charge in [-0.05, 0) is 60.9 Å². The van der Waals surface area contributed by atoms with Gasteiger partial charge in [0, 0.05) is 24.6 Å². The molecule has 15 heteroatoms. The van der Waals surface area contributed by atoms with E-state index >= 15 is 0 Å². The molecule has 1 heterocycles. The van der Waals surface area contributed by atoms with Crippen LogP contribution in [0.15, 0.2) is 53.4 Å². The maximum Gasteiger partial charge on any atom is 0.435 e.